The number of aromatic nitrogens is 1. The van der Waals surface area contributed by atoms with E-state index < -0.39 is 0 Å². The monoisotopic (exact) mass is 278 g/mol. The quantitative estimate of drug-likeness (QED) is 0.900. The van der Waals surface area contributed by atoms with Gasteiger partial charge in [0.2, 0.25) is 0 Å². The Morgan fingerprint density at radius 3 is 2.81 bits per heavy atom. The molecule has 1 heterocycles. The predicted molar refractivity (Wildman–Crippen MR) is 67.5 cm³/mol. The van der Waals surface area contributed by atoms with Gasteiger partial charge < -0.3 is 9.88 Å². The number of hydrogen-bond donors (Lipinski definition) is 1. The summed E-state index contributed by atoms with van der Waals surface area (Å²) in [5.74, 6) is -0.0984. The molecule has 82 valence electrons. The number of carbonyl (C=O) groups is 1. The zero-order valence-electron chi connectivity index (χ0n) is 8.77. The van der Waals surface area contributed by atoms with Gasteiger partial charge in [0, 0.05) is 29.6 Å². The first-order valence-electron chi connectivity index (χ1n) is 4.84. The Balaban J connectivity index is 2.13. The van der Waals surface area contributed by atoms with Crippen LogP contribution in [0, 0.1) is 0 Å². The summed E-state index contributed by atoms with van der Waals surface area (Å²) >= 11 is 3.36. The van der Waals surface area contributed by atoms with Crippen molar-refractivity contribution in [3.05, 3.63) is 52.8 Å². The lowest BCUT2D eigenvalue weighted by Crippen LogP contribution is -2.10. The van der Waals surface area contributed by atoms with Gasteiger partial charge in [0.15, 0.2) is 0 Å². The van der Waals surface area contributed by atoms with Gasteiger partial charge in [-0.3, -0.25) is 4.79 Å². The Labute approximate surface area is 102 Å². The number of hydrogen-bond acceptors (Lipinski definition) is 1. The molecule has 0 radical (unpaired) electrons. The average Bonchev–Trinajstić information content (AvgIpc) is 2.65. The van der Waals surface area contributed by atoms with Crippen LogP contribution in [-0.2, 0) is 7.05 Å². The molecule has 0 atom stereocenters. The van der Waals surface area contributed by atoms with Crippen LogP contribution in [0.3, 0.4) is 0 Å². The lowest BCUT2D eigenvalue weighted by Gasteiger charge is -2.03. The van der Waals surface area contributed by atoms with Crippen LogP contribution < -0.4 is 5.32 Å². The smallest absolute Gasteiger partial charge is 0.257 e. The van der Waals surface area contributed by atoms with Gasteiger partial charge in [-0.25, -0.2) is 0 Å². The van der Waals surface area contributed by atoms with Crippen LogP contribution >= 0.6 is 15.9 Å². The molecular formula is C12H11BrN2O. The van der Waals surface area contributed by atoms with Crippen molar-refractivity contribution in [2.75, 3.05) is 5.32 Å². The molecule has 0 spiro atoms. The molecule has 1 aromatic carbocycles. The van der Waals surface area contributed by atoms with E-state index in [1.165, 1.54) is 0 Å². The highest BCUT2D eigenvalue weighted by Crippen LogP contribution is 2.16. The number of nitrogens with zero attached hydrogens (tertiary/aromatic N) is 1. The number of halogens is 1. The topological polar surface area (TPSA) is 34.0 Å². The molecule has 2 aromatic rings. The second-order valence-electron chi connectivity index (χ2n) is 3.53. The largest absolute Gasteiger partial charge is 0.356 e. The van der Waals surface area contributed by atoms with Crippen LogP contribution in [0.5, 0.6) is 0 Å². The summed E-state index contributed by atoms with van der Waals surface area (Å²) in [7, 11) is 1.88. The van der Waals surface area contributed by atoms with E-state index in [9.17, 15) is 4.79 Å². The maximum atomic E-state index is 11.8. The third-order valence-electron chi connectivity index (χ3n) is 2.18. The molecule has 0 unspecified atom stereocenters. The molecule has 0 aliphatic heterocycles. The Morgan fingerprint density at radius 1 is 1.38 bits per heavy atom. The van der Waals surface area contributed by atoms with Crippen LogP contribution in [0.25, 0.3) is 0 Å². The zero-order valence-corrected chi connectivity index (χ0v) is 10.4. The molecule has 3 nitrogen and oxygen atoms in total. The number of amides is 1. The zero-order chi connectivity index (χ0) is 11.5. The molecule has 0 saturated heterocycles. The predicted octanol–water partition coefficient (Wildman–Crippen LogP) is 3.04. The first kappa shape index (κ1) is 11.0. The Morgan fingerprint density at radius 2 is 2.19 bits per heavy atom. The number of nitrogens with one attached hydrogen (secondary N) is 1. The van der Waals surface area contributed by atoms with Crippen molar-refractivity contribution in [1.82, 2.24) is 4.57 Å². The summed E-state index contributed by atoms with van der Waals surface area (Å²) in [6.45, 7) is 0. The van der Waals surface area contributed by atoms with Gasteiger partial charge in [0.25, 0.3) is 5.91 Å². The highest BCUT2D eigenvalue weighted by Gasteiger charge is 2.06. The third kappa shape index (κ3) is 2.52. The van der Waals surface area contributed by atoms with Crippen molar-refractivity contribution in [3.8, 4) is 0 Å². The first-order valence-corrected chi connectivity index (χ1v) is 5.63. The van der Waals surface area contributed by atoms with Crippen LogP contribution in [0.4, 0.5) is 5.69 Å². The summed E-state index contributed by atoms with van der Waals surface area (Å²) in [5, 5.41) is 2.83. The van der Waals surface area contributed by atoms with E-state index in [2.05, 4.69) is 21.2 Å². The van der Waals surface area contributed by atoms with E-state index >= 15 is 0 Å². The molecular weight excluding hydrogens is 268 g/mol. The third-order valence-corrected chi connectivity index (χ3v) is 2.67. The summed E-state index contributed by atoms with van der Waals surface area (Å²) in [5.41, 5.74) is 1.44. The molecule has 0 aliphatic rings. The summed E-state index contributed by atoms with van der Waals surface area (Å²) in [6.07, 6.45) is 3.63. The minimum atomic E-state index is -0.0984. The first-order chi connectivity index (χ1) is 7.65. The second kappa shape index (κ2) is 4.53. The lowest BCUT2D eigenvalue weighted by molar-refractivity contribution is 0.102. The fraction of sp³-hybridized carbons (Fsp3) is 0.0833. The highest BCUT2D eigenvalue weighted by atomic mass is 79.9. The number of benzene rings is 1. The van der Waals surface area contributed by atoms with Crippen molar-refractivity contribution in [2.45, 2.75) is 0 Å². The molecule has 0 saturated carbocycles. The highest BCUT2D eigenvalue weighted by molar-refractivity contribution is 9.10. The number of anilines is 1. The Kier molecular flexibility index (Phi) is 3.10. The molecule has 0 fully saturated rings. The van der Waals surface area contributed by atoms with Crippen molar-refractivity contribution >= 4 is 27.5 Å². The molecule has 1 aromatic heterocycles. The molecule has 4 heteroatoms. The van der Waals surface area contributed by atoms with Crippen LogP contribution in [0.1, 0.15) is 10.4 Å². The van der Waals surface area contributed by atoms with E-state index in [0.717, 1.165) is 10.2 Å². The van der Waals surface area contributed by atoms with E-state index in [1.54, 1.807) is 12.3 Å². The van der Waals surface area contributed by atoms with Gasteiger partial charge in [-0.1, -0.05) is 22.0 Å². The Hall–Kier alpha value is -1.55. The number of aryl methyl sites for hydroxylation is 1. The number of rotatable bonds is 2. The molecule has 1 amide bonds. The SMILES string of the molecule is Cn1ccc(C(=O)Nc2cccc(Br)c2)c1. The number of carbonyl (C=O) groups excluding carboxylic acids is 1. The van der Waals surface area contributed by atoms with Crippen LogP contribution in [-0.4, -0.2) is 10.5 Å². The maximum Gasteiger partial charge on any atom is 0.257 e. The second-order valence-corrected chi connectivity index (χ2v) is 4.45. The maximum absolute atomic E-state index is 11.8. The van der Waals surface area contributed by atoms with Gasteiger partial charge in [0.1, 0.15) is 0 Å². The van der Waals surface area contributed by atoms with Crippen LogP contribution in [0.2, 0.25) is 0 Å². The summed E-state index contributed by atoms with van der Waals surface area (Å²) < 4.78 is 2.79. The minimum absolute atomic E-state index is 0.0984. The fourth-order valence-electron chi connectivity index (χ4n) is 1.41. The lowest BCUT2D eigenvalue weighted by atomic mass is 10.3. The molecule has 16 heavy (non-hydrogen) atoms. The standard InChI is InChI=1S/C12H11BrN2O/c1-15-6-5-9(8-15)12(16)14-11-4-2-3-10(13)7-11/h2-8H,1H3,(H,14,16). The van der Waals surface area contributed by atoms with Gasteiger partial charge >= 0.3 is 0 Å². The van der Waals surface area contributed by atoms with Gasteiger partial charge in [0.05, 0.1) is 5.56 Å². The van der Waals surface area contributed by atoms with E-state index in [0.29, 0.717) is 5.56 Å². The van der Waals surface area contributed by atoms with Crippen molar-refractivity contribution in [2.24, 2.45) is 7.05 Å². The van der Waals surface area contributed by atoms with Crippen molar-refractivity contribution in [3.63, 3.8) is 0 Å². The normalized spacial score (nSPS) is 10.1. The molecule has 0 bridgehead atoms. The summed E-state index contributed by atoms with van der Waals surface area (Å²) in [6, 6.07) is 9.29. The molecule has 2 rings (SSSR count). The van der Waals surface area contributed by atoms with E-state index in [1.807, 2.05) is 42.1 Å². The molecule has 1 N–H and O–H groups in total. The van der Waals surface area contributed by atoms with Crippen molar-refractivity contribution in [1.29, 1.82) is 0 Å². The fourth-order valence-corrected chi connectivity index (χ4v) is 1.81. The molecule has 0 aliphatic carbocycles. The van der Waals surface area contributed by atoms with Crippen LogP contribution in [0.15, 0.2) is 47.2 Å². The average molecular weight is 279 g/mol. The van der Waals surface area contributed by atoms with E-state index in [4.69, 9.17) is 0 Å². The Bertz CT molecular complexity index is 519. The summed E-state index contributed by atoms with van der Waals surface area (Å²) in [4.78, 5) is 11.8. The minimum Gasteiger partial charge on any atom is -0.356 e. The van der Waals surface area contributed by atoms with Gasteiger partial charge in [-0.15, -0.1) is 0 Å². The van der Waals surface area contributed by atoms with E-state index in [-0.39, 0.29) is 5.91 Å². The van der Waals surface area contributed by atoms with Gasteiger partial charge in [-0.2, -0.15) is 0 Å². The van der Waals surface area contributed by atoms with Gasteiger partial charge in [-0.05, 0) is 24.3 Å². The van der Waals surface area contributed by atoms with Crippen molar-refractivity contribution < 1.29 is 4.79 Å².